The van der Waals surface area contributed by atoms with Gasteiger partial charge in [0.05, 0.1) is 13.1 Å². The summed E-state index contributed by atoms with van der Waals surface area (Å²) in [5.41, 5.74) is 0. The number of piperidine rings is 1. The van der Waals surface area contributed by atoms with Gasteiger partial charge in [0, 0.05) is 16.7 Å². The van der Waals surface area contributed by atoms with Crippen LogP contribution >= 0.6 is 11.3 Å². The van der Waals surface area contributed by atoms with Crippen molar-refractivity contribution in [3.8, 4) is 0 Å². The molecule has 128 valence electrons. The molecule has 2 aromatic heterocycles. The van der Waals surface area contributed by atoms with Crippen LogP contribution in [0, 0.1) is 5.92 Å². The monoisotopic (exact) mass is 346 g/mol. The largest absolute Gasteiger partial charge is 0.351 e. The highest BCUT2D eigenvalue weighted by molar-refractivity contribution is 7.09. The number of thiophene rings is 1. The second-order valence-corrected chi connectivity index (χ2v) is 7.70. The molecule has 1 saturated carbocycles. The minimum absolute atomic E-state index is 0.119. The van der Waals surface area contributed by atoms with Crippen LogP contribution in [-0.2, 0) is 17.9 Å². The van der Waals surface area contributed by atoms with Crippen molar-refractivity contribution in [2.24, 2.45) is 5.92 Å². The van der Waals surface area contributed by atoms with Crippen LogP contribution in [0.25, 0.3) is 0 Å². The molecule has 24 heavy (non-hydrogen) atoms. The van der Waals surface area contributed by atoms with E-state index in [1.54, 1.807) is 11.3 Å². The van der Waals surface area contributed by atoms with E-state index in [0.717, 1.165) is 44.2 Å². The van der Waals surface area contributed by atoms with Gasteiger partial charge in [0.15, 0.2) is 5.82 Å². The Morgan fingerprint density at radius 2 is 2.17 bits per heavy atom. The fourth-order valence-electron chi connectivity index (χ4n) is 3.11. The molecule has 0 atom stereocenters. The summed E-state index contributed by atoms with van der Waals surface area (Å²) in [4.78, 5) is 20.3. The zero-order valence-corrected chi connectivity index (χ0v) is 14.4. The van der Waals surface area contributed by atoms with Crippen molar-refractivity contribution in [1.29, 1.82) is 0 Å². The molecule has 0 unspecified atom stereocenters. The fourth-order valence-corrected chi connectivity index (χ4v) is 3.76. The second kappa shape index (κ2) is 7.03. The molecule has 1 aliphatic carbocycles. The summed E-state index contributed by atoms with van der Waals surface area (Å²) >= 11 is 1.68. The smallest absolute Gasteiger partial charge is 0.229 e. The Morgan fingerprint density at radius 3 is 2.88 bits per heavy atom. The molecule has 0 spiro atoms. The van der Waals surface area contributed by atoms with Gasteiger partial charge < -0.3 is 9.84 Å². The Labute approximate surface area is 145 Å². The van der Waals surface area contributed by atoms with Crippen LogP contribution < -0.4 is 5.32 Å². The lowest BCUT2D eigenvalue weighted by Gasteiger charge is -2.30. The van der Waals surface area contributed by atoms with Gasteiger partial charge in [0.25, 0.3) is 0 Å². The first-order valence-electron chi connectivity index (χ1n) is 8.63. The molecule has 2 aromatic rings. The maximum atomic E-state index is 12.3. The summed E-state index contributed by atoms with van der Waals surface area (Å²) in [5.74, 6) is 2.38. The summed E-state index contributed by atoms with van der Waals surface area (Å²) in [6.45, 7) is 3.18. The number of nitrogens with one attached hydrogen (secondary N) is 1. The molecule has 7 heteroatoms. The first-order chi connectivity index (χ1) is 11.8. The molecular formula is C17H22N4O2S. The molecule has 1 saturated heterocycles. The molecule has 2 aliphatic rings. The molecule has 2 fully saturated rings. The van der Waals surface area contributed by atoms with Crippen LogP contribution in [-0.4, -0.2) is 34.0 Å². The van der Waals surface area contributed by atoms with E-state index in [1.807, 2.05) is 17.5 Å². The van der Waals surface area contributed by atoms with Crippen LogP contribution in [0.2, 0.25) is 0 Å². The number of aromatic nitrogens is 2. The summed E-state index contributed by atoms with van der Waals surface area (Å²) in [5, 5.41) is 9.17. The van der Waals surface area contributed by atoms with Gasteiger partial charge >= 0.3 is 0 Å². The van der Waals surface area contributed by atoms with Crippen molar-refractivity contribution in [2.45, 2.75) is 44.7 Å². The third kappa shape index (κ3) is 3.84. The number of amides is 1. The van der Waals surface area contributed by atoms with E-state index in [1.165, 1.54) is 17.7 Å². The molecule has 0 aromatic carbocycles. The van der Waals surface area contributed by atoms with Crippen molar-refractivity contribution >= 4 is 17.2 Å². The van der Waals surface area contributed by atoms with Crippen LogP contribution in [0.5, 0.6) is 0 Å². The number of carbonyl (C=O) groups excluding carboxylic acids is 1. The van der Waals surface area contributed by atoms with Gasteiger partial charge in [0.2, 0.25) is 11.8 Å². The average molecular weight is 346 g/mol. The molecule has 1 N–H and O–H groups in total. The van der Waals surface area contributed by atoms with Crippen molar-refractivity contribution < 1.29 is 9.32 Å². The normalized spacial score (nSPS) is 19.5. The van der Waals surface area contributed by atoms with Crippen LogP contribution in [0.3, 0.4) is 0 Å². The lowest BCUT2D eigenvalue weighted by atomic mass is 9.96. The van der Waals surface area contributed by atoms with Crippen molar-refractivity contribution in [3.05, 3.63) is 34.1 Å². The van der Waals surface area contributed by atoms with Gasteiger partial charge in [-0.15, -0.1) is 11.3 Å². The predicted molar refractivity (Wildman–Crippen MR) is 90.4 cm³/mol. The first kappa shape index (κ1) is 15.8. The van der Waals surface area contributed by atoms with E-state index in [-0.39, 0.29) is 11.8 Å². The minimum atomic E-state index is 0.119. The Morgan fingerprint density at radius 1 is 1.33 bits per heavy atom. The predicted octanol–water partition coefficient (Wildman–Crippen LogP) is 2.54. The molecule has 3 heterocycles. The standard InChI is InChI=1S/C17H22N4O2S/c22-16(18-10-14-2-1-9-24-14)12-5-7-21(8-6-12)11-15-19-17(23-20-15)13-3-4-13/h1-2,9,12-13H,3-8,10-11H2,(H,18,22). The SMILES string of the molecule is O=C(NCc1cccs1)C1CCN(Cc2noc(C3CC3)n2)CC1. The number of hydrogen-bond acceptors (Lipinski definition) is 6. The van der Waals surface area contributed by atoms with E-state index in [4.69, 9.17) is 4.52 Å². The van der Waals surface area contributed by atoms with Crippen molar-refractivity contribution in [1.82, 2.24) is 20.4 Å². The van der Waals surface area contributed by atoms with Gasteiger partial charge in [0.1, 0.15) is 0 Å². The summed E-state index contributed by atoms with van der Waals surface area (Å²) in [6.07, 6.45) is 4.13. The van der Waals surface area contributed by atoms with Gasteiger partial charge in [-0.05, 0) is 50.2 Å². The third-order valence-electron chi connectivity index (χ3n) is 4.75. The van der Waals surface area contributed by atoms with Gasteiger partial charge in [-0.25, -0.2) is 0 Å². The molecule has 0 bridgehead atoms. The number of carbonyl (C=O) groups is 1. The maximum Gasteiger partial charge on any atom is 0.229 e. The van der Waals surface area contributed by atoms with E-state index < -0.39 is 0 Å². The quantitative estimate of drug-likeness (QED) is 0.870. The summed E-state index contributed by atoms with van der Waals surface area (Å²) in [6, 6.07) is 4.06. The van der Waals surface area contributed by atoms with Gasteiger partial charge in [-0.1, -0.05) is 11.2 Å². The van der Waals surface area contributed by atoms with Crippen molar-refractivity contribution in [2.75, 3.05) is 13.1 Å². The minimum Gasteiger partial charge on any atom is -0.351 e. The number of hydrogen-bond donors (Lipinski definition) is 1. The van der Waals surface area contributed by atoms with Crippen molar-refractivity contribution in [3.63, 3.8) is 0 Å². The highest BCUT2D eigenvalue weighted by Gasteiger charge is 2.30. The first-order valence-corrected chi connectivity index (χ1v) is 9.51. The highest BCUT2D eigenvalue weighted by Crippen LogP contribution is 2.38. The van der Waals surface area contributed by atoms with Crippen LogP contribution in [0.4, 0.5) is 0 Å². The van der Waals surface area contributed by atoms with Crippen LogP contribution in [0.15, 0.2) is 22.0 Å². The van der Waals surface area contributed by atoms with Gasteiger partial charge in [-0.2, -0.15) is 4.98 Å². The number of likely N-dealkylation sites (tertiary alicyclic amines) is 1. The summed E-state index contributed by atoms with van der Waals surface area (Å²) in [7, 11) is 0. The van der Waals surface area contributed by atoms with Gasteiger partial charge in [-0.3, -0.25) is 9.69 Å². The Bertz CT molecular complexity index is 673. The second-order valence-electron chi connectivity index (χ2n) is 6.67. The Hall–Kier alpha value is -1.73. The zero-order chi connectivity index (χ0) is 16.4. The molecule has 6 nitrogen and oxygen atoms in total. The third-order valence-corrected chi connectivity index (χ3v) is 5.63. The molecular weight excluding hydrogens is 324 g/mol. The van der Waals surface area contributed by atoms with E-state index in [9.17, 15) is 4.79 Å². The topological polar surface area (TPSA) is 71.3 Å². The van der Waals surface area contributed by atoms with E-state index in [2.05, 4.69) is 20.4 Å². The molecule has 1 amide bonds. The maximum absolute atomic E-state index is 12.3. The lowest BCUT2D eigenvalue weighted by molar-refractivity contribution is -0.126. The molecule has 1 aliphatic heterocycles. The van der Waals surface area contributed by atoms with E-state index in [0.29, 0.717) is 12.5 Å². The Balaban J connectivity index is 1.21. The fraction of sp³-hybridized carbons (Fsp3) is 0.588. The molecule has 4 rings (SSSR count). The van der Waals surface area contributed by atoms with Crippen LogP contribution in [0.1, 0.15) is 48.2 Å². The Kier molecular flexibility index (Phi) is 4.62. The number of nitrogens with zero attached hydrogens (tertiary/aromatic N) is 3. The summed E-state index contributed by atoms with van der Waals surface area (Å²) < 4.78 is 5.31. The number of rotatable bonds is 6. The van der Waals surface area contributed by atoms with E-state index >= 15 is 0 Å². The molecule has 0 radical (unpaired) electrons. The average Bonchev–Trinajstić information content (AvgIpc) is 3.13. The zero-order valence-electron chi connectivity index (χ0n) is 13.6. The lowest BCUT2D eigenvalue weighted by Crippen LogP contribution is -2.40. The highest BCUT2D eigenvalue weighted by atomic mass is 32.1.